The van der Waals surface area contributed by atoms with Crippen molar-refractivity contribution in [2.75, 3.05) is 6.26 Å². The molecule has 20 heavy (non-hydrogen) atoms. The molecule has 0 spiro atoms. The fourth-order valence-corrected chi connectivity index (χ4v) is 3.71. The highest BCUT2D eigenvalue weighted by Crippen LogP contribution is 2.39. The van der Waals surface area contributed by atoms with Crippen LogP contribution >= 0.6 is 11.8 Å². The van der Waals surface area contributed by atoms with Crippen molar-refractivity contribution in [1.82, 2.24) is 0 Å². The molecule has 0 aromatic carbocycles. The number of hydrogen-bond acceptors (Lipinski definition) is 3. The maximum atomic E-state index is 12.4. The van der Waals surface area contributed by atoms with Crippen molar-refractivity contribution in [3.63, 3.8) is 0 Å². The van der Waals surface area contributed by atoms with Crippen molar-refractivity contribution in [2.24, 2.45) is 11.3 Å². The van der Waals surface area contributed by atoms with E-state index in [4.69, 9.17) is 4.74 Å². The number of esters is 1. The van der Waals surface area contributed by atoms with Crippen LogP contribution in [0.2, 0.25) is 0 Å². The van der Waals surface area contributed by atoms with E-state index in [1.54, 1.807) is 11.8 Å². The summed E-state index contributed by atoms with van der Waals surface area (Å²) >= 11 is 1.62. The summed E-state index contributed by atoms with van der Waals surface area (Å²) in [4.78, 5) is 12.4. The molecule has 1 unspecified atom stereocenters. The number of carbonyl (C=O) groups excluding carboxylic acids is 1. The first-order valence-corrected chi connectivity index (χ1v) is 9.21. The predicted octanol–water partition coefficient (Wildman–Crippen LogP) is 5.06. The minimum absolute atomic E-state index is 0.00828. The van der Waals surface area contributed by atoms with Gasteiger partial charge >= 0.3 is 5.97 Å². The van der Waals surface area contributed by atoms with Crippen molar-refractivity contribution < 1.29 is 9.53 Å². The molecule has 0 radical (unpaired) electrons. The van der Waals surface area contributed by atoms with Gasteiger partial charge in [0.25, 0.3) is 0 Å². The number of rotatable bonds is 5. The first-order chi connectivity index (χ1) is 9.23. The van der Waals surface area contributed by atoms with Gasteiger partial charge in [0.15, 0.2) is 0 Å². The van der Waals surface area contributed by atoms with Crippen LogP contribution in [0, 0.1) is 11.3 Å². The molecule has 1 aliphatic carbocycles. The summed E-state index contributed by atoms with van der Waals surface area (Å²) < 4.78 is 5.44. The summed E-state index contributed by atoms with van der Waals surface area (Å²) in [6.45, 7) is 11.1. The van der Waals surface area contributed by atoms with Gasteiger partial charge in [-0.1, -0.05) is 34.1 Å². The van der Waals surface area contributed by atoms with E-state index >= 15 is 0 Å². The average molecular weight is 301 g/mol. The van der Waals surface area contributed by atoms with Gasteiger partial charge in [0.1, 0.15) is 10.9 Å². The highest BCUT2D eigenvalue weighted by Gasteiger charge is 2.36. The quantitative estimate of drug-likeness (QED) is 0.664. The van der Waals surface area contributed by atoms with Crippen LogP contribution in [0.1, 0.15) is 73.1 Å². The van der Waals surface area contributed by atoms with Crippen LogP contribution in [0.4, 0.5) is 0 Å². The van der Waals surface area contributed by atoms with Gasteiger partial charge in [0.2, 0.25) is 0 Å². The Kier molecular flexibility index (Phi) is 6.43. The molecule has 1 atom stereocenters. The van der Waals surface area contributed by atoms with E-state index in [0.29, 0.717) is 5.41 Å². The first-order valence-electron chi connectivity index (χ1n) is 7.99. The topological polar surface area (TPSA) is 26.3 Å². The lowest BCUT2D eigenvalue weighted by Crippen LogP contribution is -2.38. The zero-order valence-electron chi connectivity index (χ0n) is 14.1. The molecule has 2 nitrogen and oxygen atoms in total. The van der Waals surface area contributed by atoms with E-state index in [9.17, 15) is 4.79 Å². The predicted molar refractivity (Wildman–Crippen MR) is 88.1 cm³/mol. The van der Waals surface area contributed by atoms with Crippen molar-refractivity contribution >= 4 is 17.7 Å². The fraction of sp³-hybridized carbons (Fsp3) is 0.941. The summed E-state index contributed by atoms with van der Waals surface area (Å²) in [6.07, 6.45) is 8.50. The van der Waals surface area contributed by atoms with E-state index < -0.39 is 0 Å². The Bertz CT molecular complexity index is 313. The molecule has 0 bridgehead atoms. The van der Waals surface area contributed by atoms with Crippen LogP contribution in [0.5, 0.6) is 0 Å². The highest BCUT2D eigenvalue weighted by atomic mass is 32.2. The van der Waals surface area contributed by atoms with Crippen molar-refractivity contribution in [3.8, 4) is 0 Å². The van der Waals surface area contributed by atoms with Gasteiger partial charge in [0, 0.05) is 0 Å². The molecule has 0 aliphatic heterocycles. The van der Waals surface area contributed by atoms with Crippen LogP contribution in [-0.2, 0) is 9.53 Å². The molecule has 1 rings (SSSR count). The Hall–Kier alpha value is -0.180. The molecule has 0 aromatic rings. The minimum atomic E-state index is -0.365. The molecule has 1 fully saturated rings. The zero-order valence-corrected chi connectivity index (χ0v) is 14.9. The molecule has 0 saturated heterocycles. The highest BCUT2D eigenvalue weighted by molar-refractivity contribution is 8.00. The fourth-order valence-electron chi connectivity index (χ4n) is 3.09. The molecular formula is C17H32O2S. The molecule has 1 saturated carbocycles. The molecular weight excluding hydrogens is 268 g/mol. The van der Waals surface area contributed by atoms with Crippen LogP contribution in [0.3, 0.4) is 0 Å². The Labute approximate surface area is 129 Å². The van der Waals surface area contributed by atoms with E-state index in [1.165, 1.54) is 12.8 Å². The third-order valence-electron chi connectivity index (χ3n) is 4.78. The Morgan fingerprint density at radius 3 is 2.10 bits per heavy atom. The maximum absolute atomic E-state index is 12.4. The van der Waals surface area contributed by atoms with Crippen LogP contribution < -0.4 is 0 Å². The van der Waals surface area contributed by atoms with Gasteiger partial charge in [-0.15, -0.1) is 11.8 Å². The Balaban J connectivity index is 2.49. The van der Waals surface area contributed by atoms with Gasteiger partial charge in [0.05, 0.1) is 0 Å². The summed E-state index contributed by atoms with van der Waals surface area (Å²) in [5.74, 6) is 0.756. The summed E-state index contributed by atoms with van der Waals surface area (Å²) in [5, 5.41) is 0. The van der Waals surface area contributed by atoms with Crippen molar-refractivity contribution in [1.29, 1.82) is 0 Å². The van der Waals surface area contributed by atoms with Gasteiger partial charge in [-0.3, -0.25) is 4.79 Å². The monoisotopic (exact) mass is 300 g/mol. The average Bonchev–Trinajstić information content (AvgIpc) is 2.38. The first kappa shape index (κ1) is 17.9. The third kappa shape index (κ3) is 4.68. The number of carbonyl (C=O) groups is 1. The SMILES string of the molecule is CCCC(C)(SC)C(=O)OC1CCC(C(C)(C)C)CC1. The summed E-state index contributed by atoms with van der Waals surface area (Å²) in [5.41, 5.74) is 0.380. The molecule has 1 aliphatic rings. The van der Waals surface area contributed by atoms with Gasteiger partial charge in [-0.05, 0) is 56.6 Å². The van der Waals surface area contributed by atoms with E-state index in [0.717, 1.165) is 31.6 Å². The van der Waals surface area contributed by atoms with Gasteiger partial charge in [-0.25, -0.2) is 0 Å². The second-order valence-electron chi connectivity index (χ2n) is 7.43. The molecule has 3 heteroatoms. The lowest BCUT2D eigenvalue weighted by Gasteiger charge is -2.37. The smallest absolute Gasteiger partial charge is 0.322 e. The van der Waals surface area contributed by atoms with Gasteiger partial charge in [-0.2, -0.15) is 0 Å². The van der Waals surface area contributed by atoms with Crippen LogP contribution in [0.15, 0.2) is 0 Å². The lowest BCUT2D eigenvalue weighted by atomic mass is 9.72. The third-order valence-corrected chi connectivity index (χ3v) is 6.05. The minimum Gasteiger partial charge on any atom is -0.461 e. The number of hydrogen-bond donors (Lipinski definition) is 0. The number of ether oxygens (including phenoxy) is 1. The van der Waals surface area contributed by atoms with Crippen molar-refractivity contribution in [2.45, 2.75) is 84.0 Å². The standard InChI is InChI=1S/C17H32O2S/c1-7-12-17(5,20-6)15(18)19-14-10-8-13(9-11-14)16(2,3)4/h13-14H,7-12H2,1-6H3. The second-order valence-corrected chi connectivity index (χ2v) is 8.74. The largest absolute Gasteiger partial charge is 0.461 e. The lowest BCUT2D eigenvalue weighted by molar-refractivity contribution is -0.154. The van der Waals surface area contributed by atoms with E-state index in [1.807, 2.05) is 13.2 Å². The number of thioether (sulfide) groups is 1. The van der Waals surface area contributed by atoms with E-state index in [2.05, 4.69) is 27.7 Å². The zero-order chi connectivity index (χ0) is 15.4. The summed E-state index contributed by atoms with van der Waals surface area (Å²) in [6, 6.07) is 0. The van der Waals surface area contributed by atoms with Gasteiger partial charge < -0.3 is 4.74 Å². The second kappa shape index (κ2) is 7.20. The van der Waals surface area contributed by atoms with Crippen LogP contribution in [-0.4, -0.2) is 23.1 Å². The molecule has 0 aromatic heterocycles. The molecule has 0 amide bonds. The Morgan fingerprint density at radius 1 is 1.15 bits per heavy atom. The maximum Gasteiger partial charge on any atom is 0.322 e. The van der Waals surface area contributed by atoms with E-state index in [-0.39, 0.29) is 16.8 Å². The van der Waals surface area contributed by atoms with Crippen molar-refractivity contribution in [3.05, 3.63) is 0 Å². The summed E-state index contributed by atoms with van der Waals surface area (Å²) in [7, 11) is 0. The van der Waals surface area contributed by atoms with Crippen LogP contribution in [0.25, 0.3) is 0 Å². The normalized spacial score (nSPS) is 26.9. The molecule has 118 valence electrons. The molecule has 0 heterocycles. The Morgan fingerprint density at radius 2 is 1.70 bits per heavy atom. The molecule has 0 N–H and O–H groups in total.